The Labute approximate surface area is 70.9 Å². The van der Waals surface area contributed by atoms with Crippen LogP contribution in [0.15, 0.2) is 24.4 Å². The van der Waals surface area contributed by atoms with Gasteiger partial charge < -0.3 is 4.74 Å². The topological polar surface area (TPSA) is 45.9 Å². The molecule has 0 atom stereocenters. The maximum atomic E-state index is 8.24. The molecule has 0 fully saturated rings. The van der Waals surface area contributed by atoms with Gasteiger partial charge >= 0.3 is 0 Å². The van der Waals surface area contributed by atoms with Crippen LogP contribution in [0, 0.1) is 11.3 Å². The van der Waals surface area contributed by atoms with Gasteiger partial charge in [0.1, 0.15) is 5.75 Å². The number of hydrogen-bond acceptors (Lipinski definition) is 3. The summed E-state index contributed by atoms with van der Waals surface area (Å²) in [6.45, 7) is 0. The van der Waals surface area contributed by atoms with Crippen molar-refractivity contribution >= 4 is 6.08 Å². The van der Waals surface area contributed by atoms with Crippen LogP contribution in [-0.4, -0.2) is 12.1 Å². The second kappa shape index (κ2) is 4.14. The second-order valence-electron chi connectivity index (χ2n) is 2.09. The fourth-order valence-electron chi connectivity index (χ4n) is 0.734. The van der Waals surface area contributed by atoms with E-state index in [-0.39, 0.29) is 0 Å². The lowest BCUT2D eigenvalue weighted by Crippen LogP contribution is -1.84. The Balaban J connectivity index is 2.79. The largest absolute Gasteiger partial charge is 0.495 e. The van der Waals surface area contributed by atoms with Gasteiger partial charge in [0.05, 0.1) is 25.1 Å². The van der Waals surface area contributed by atoms with Gasteiger partial charge in [0.15, 0.2) is 0 Å². The van der Waals surface area contributed by atoms with E-state index < -0.39 is 0 Å². The van der Waals surface area contributed by atoms with E-state index >= 15 is 0 Å². The molecule has 60 valence electrons. The van der Waals surface area contributed by atoms with Crippen molar-refractivity contribution in [1.29, 1.82) is 5.26 Å². The van der Waals surface area contributed by atoms with Crippen LogP contribution in [0.25, 0.3) is 6.08 Å². The maximum Gasteiger partial charge on any atom is 0.137 e. The number of allylic oxidation sites excluding steroid dienone is 1. The highest BCUT2D eigenvalue weighted by Gasteiger charge is 1.90. The fourth-order valence-corrected chi connectivity index (χ4v) is 0.734. The van der Waals surface area contributed by atoms with Crippen LogP contribution >= 0.6 is 0 Å². The van der Waals surface area contributed by atoms with E-state index in [1.807, 2.05) is 6.07 Å². The van der Waals surface area contributed by atoms with E-state index in [0.717, 1.165) is 5.69 Å². The predicted octanol–water partition coefficient (Wildman–Crippen LogP) is 1.63. The highest BCUT2D eigenvalue weighted by Crippen LogP contribution is 2.08. The van der Waals surface area contributed by atoms with Crippen LogP contribution in [0.3, 0.4) is 0 Å². The molecule has 3 nitrogen and oxygen atoms in total. The van der Waals surface area contributed by atoms with Crippen molar-refractivity contribution in [3.63, 3.8) is 0 Å². The first-order chi connectivity index (χ1) is 5.86. The third kappa shape index (κ3) is 2.10. The normalized spacial score (nSPS) is 9.67. The number of nitriles is 1. The van der Waals surface area contributed by atoms with Crippen molar-refractivity contribution < 1.29 is 4.74 Å². The number of nitrogens with zero attached hydrogens (tertiary/aromatic N) is 2. The van der Waals surface area contributed by atoms with Gasteiger partial charge in [0.25, 0.3) is 0 Å². The van der Waals surface area contributed by atoms with Crippen molar-refractivity contribution in [3.05, 3.63) is 30.1 Å². The van der Waals surface area contributed by atoms with Crippen molar-refractivity contribution in [2.24, 2.45) is 0 Å². The van der Waals surface area contributed by atoms with Crippen molar-refractivity contribution in [2.45, 2.75) is 0 Å². The Hall–Kier alpha value is -1.82. The van der Waals surface area contributed by atoms with E-state index in [0.29, 0.717) is 5.75 Å². The summed E-state index contributed by atoms with van der Waals surface area (Å²) in [6.07, 6.45) is 4.63. The molecule has 0 saturated carbocycles. The first kappa shape index (κ1) is 8.28. The molecule has 0 N–H and O–H groups in total. The fraction of sp³-hybridized carbons (Fsp3) is 0.111. The molecule has 0 bridgehead atoms. The van der Waals surface area contributed by atoms with E-state index in [2.05, 4.69) is 4.98 Å². The van der Waals surface area contributed by atoms with E-state index in [1.165, 1.54) is 6.08 Å². The molecule has 0 spiro atoms. The van der Waals surface area contributed by atoms with Gasteiger partial charge in [-0.25, -0.2) is 0 Å². The van der Waals surface area contributed by atoms with Crippen LogP contribution in [0.4, 0.5) is 0 Å². The van der Waals surface area contributed by atoms with Gasteiger partial charge in [-0.2, -0.15) is 5.26 Å². The van der Waals surface area contributed by atoms with Gasteiger partial charge in [0.2, 0.25) is 0 Å². The highest BCUT2D eigenvalue weighted by molar-refractivity contribution is 5.48. The molecule has 1 heterocycles. The van der Waals surface area contributed by atoms with Gasteiger partial charge in [-0.3, -0.25) is 4.98 Å². The Morgan fingerprint density at radius 3 is 2.92 bits per heavy atom. The monoisotopic (exact) mass is 160 g/mol. The summed E-state index contributed by atoms with van der Waals surface area (Å²) >= 11 is 0. The predicted molar refractivity (Wildman–Crippen MR) is 45.4 cm³/mol. The first-order valence-electron chi connectivity index (χ1n) is 3.43. The summed E-state index contributed by atoms with van der Waals surface area (Å²) in [7, 11) is 1.59. The highest BCUT2D eigenvalue weighted by atomic mass is 16.5. The number of pyridine rings is 1. The minimum atomic E-state index is 0.712. The smallest absolute Gasteiger partial charge is 0.137 e. The lowest BCUT2D eigenvalue weighted by Gasteiger charge is -1.97. The maximum absolute atomic E-state index is 8.24. The van der Waals surface area contributed by atoms with E-state index in [9.17, 15) is 0 Å². The van der Waals surface area contributed by atoms with Crippen molar-refractivity contribution in [3.8, 4) is 11.8 Å². The number of methoxy groups -OCH3 is 1. The molecule has 3 heteroatoms. The van der Waals surface area contributed by atoms with Crippen molar-refractivity contribution in [1.82, 2.24) is 4.98 Å². The number of aromatic nitrogens is 1. The van der Waals surface area contributed by atoms with Gasteiger partial charge in [0, 0.05) is 6.08 Å². The minimum absolute atomic E-state index is 0.712. The number of rotatable bonds is 2. The van der Waals surface area contributed by atoms with Crippen LogP contribution in [0.1, 0.15) is 5.69 Å². The summed E-state index contributed by atoms with van der Waals surface area (Å²) in [4.78, 5) is 4.02. The van der Waals surface area contributed by atoms with Gasteiger partial charge in [-0.15, -0.1) is 0 Å². The molecule has 0 saturated heterocycles. The third-order valence-electron chi connectivity index (χ3n) is 1.32. The molecule has 0 aliphatic heterocycles. The zero-order valence-electron chi connectivity index (χ0n) is 6.69. The lowest BCUT2D eigenvalue weighted by molar-refractivity contribution is 0.413. The van der Waals surface area contributed by atoms with E-state index in [1.54, 1.807) is 31.5 Å². The summed E-state index contributed by atoms with van der Waals surface area (Å²) in [5, 5.41) is 8.24. The Bertz CT molecular complexity index is 308. The third-order valence-corrected chi connectivity index (χ3v) is 1.32. The van der Waals surface area contributed by atoms with Crippen molar-refractivity contribution in [2.75, 3.05) is 7.11 Å². The number of ether oxygens (including phenoxy) is 1. The van der Waals surface area contributed by atoms with Crippen LogP contribution < -0.4 is 4.74 Å². The molecule has 0 aromatic carbocycles. The summed E-state index contributed by atoms with van der Waals surface area (Å²) < 4.78 is 4.92. The molecular formula is C9H8N2O. The minimum Gasteiger partial charge on any atom is -0.495 e. The zero-order valence-corrected chi connectivity index (χ0v) is 6.69. The van der Waals surface area contributed by atoms with Crippen LogP contribution in [0.5, 0.6) is 5.75 Å². The molecule has 0 aliphatic rings. The summed E-state index contributed by atoms with van der Waals surface area (Å²) in [6, 6.07) is 5.47. The SMILES string of the molecule is COc1ccc(/C=C\C#N)nc1. The molecule has 1 rings (SSSR count). The van der Waals surface area contributed by atoms with Gasteiger partial charge in [-0.05, 0) is 18.2 Å². The molecule has 0 unspecified atom stereocenters. The zero-order chi connectivity index (χ0) is 8.81. The van der Waals surface area contributed by atoms with E-state index in [4.69, 9.17) is 10.00 Å². The second-order valence-corrected chi connectivity index (χ2v) is 2.09. The first-order valence-corrected chi connectivity index (χ1v) is 3.43. The number of hydrogen-bond donors (Lipinski definition) is 0. The quantitative estimate of drug-likeness (QED) is 0.617. The lowest BCUT2D eigenvalue weighted by atomic mass is 10.3. The molecular weight excluding hydrogens is 152 g/mol. The Kier molecular flexibility index (Phi) is 2.86. The summed E-state index contributed by atoms with van der Waals surface area (Å²) in [5.41, 5.74) is 0.748. The molecule has 1 aromatic rings. The average Bonchev–Trinajstić information content (AvgIpc) is 2.15. The molecule has 0 amide bonds. The molecule has 0 radical (unpaired) electrons. The van der Waals surface area contributed by atoms with Crippen LogP contribution in [0.2, 0.25) is 0 Å². The Morgan fingerprint density at radius 1 is 1.58 bits per heavy atom. The molecule has 1 aromatic heterocycles. The van der Waals surface area contributed by atoms with Crippen LogP contribution in [-0.2, 0) is 0 Å². The molecule has 12 heavy (non-hydrogen) atoms. The molecule has 0 aliphatic carbocycles. The average molecular weight is 160 g/mol. The Morgan fingerprint density at radius 2 is 2.42 bits per heavy atom. The standard InChI is InChI=1S/C9H8N2O/c1-12-9-5-4-8(11-7-9)3-2-6-10/h2-5,7H,1H3/b3-2-. The van der Waals surface area contributed by atoms with Gasteiger partial charge in [-0.1, -0.05) is 0 Å². The summed E-state index contributed by atoms with van der Waals surface area (Å²) in [5.74, 6) is 0.712.